The van der Waals surface area contributed by atoms with Gasteiger partial charge in [-0.05, 0) is 55.3 Å². The van der Waals surface area contributed by atoms with Crippen LogP contribution in [0.1, 0.15) is 25.3 Å². The van der Waals surface area contributed by atoms with Crippen LogP contribution in [0, 0.1) is 6.92 Å². The maximum atomic E-state index is 12.3. The molecule has 118 valence electrons. The Labute approximate surface area is 132 Å². The molecule has 0 aliphatic rings. The first-order valence-corrected chi connectivity index (χ1v) is 8.93. The second-order valence-electron chi connectivity index (χ2n) is 5.28. The van der Waals surface area contributed by atoms with Crippen LogP contribution in [0.3, 0.4) is 0 Å². The minimum absolute atomic E-state index is 0.276. The van der Waals surface area contributed by atoms with Crippen LogP contribution in [0.15, 0.2) is 53.4 Å². The van der Waals surface area contributed by atoms with Gasteiger partial charge in [-0.3, -0.25) is 4.72 Å². The molecule has 0 bridgehead atoms. The number of rotatable bonds is 7. The molecule has 0 aliphatic carbocycles. The van der Waals surface area contributed by atoms with Crippen molar-refractivity contribution < 1.29 is 8.42 Å². The van der Waals surface area contributed by atoms with Crippen molar-refractivity contribution in [2.45, 2.75) is 31.6 Å². The molecule has 4 nitrogen and oxygen atoms in total. The minimum Gasteiger partial charge on any atom is -0.385 e. The molecule has 0 aliphatic heterocycles. The van der Waals surface area contributed by atoms with E-state index in [0.29, 0.717) is 5.69 Å². The summed E-state index contributed by atoms with van der Waals surface area (Å²) in [6.07, 6.45) is 2.25. The molecule has 2 aromatic carbocycles. The number of hydrogen-bond acceptors (Lipinski definition) is 3. The quantitative estimate of drug-likeness (QED) is 0.758. The molecule has 0 saturated heterocycles. The van der Waals surface area contributed by atoms with E-state index < -0.39 is 10.0 Å². The summed E-state index contributed by atoms with van der Waals surface area (Å²) in [5.41, 5.74) is 2.47. The zero-order valence-corrected chi connectivity index (χ0v) is 13.8. The Bertz CT molecular complexity index is 710. The van der Waals surface area contributed by atoms with Crippen LogP contribution in [0.2, 0.25) is 0 Å². The molecule has 0 radical (unpaired) electrons. The Morgan fingerprint density at radius 3 is 2.32 bits per heavy atom. The zero-order valence-electron chi connectivity index (χ0n) is 13.0. The molecule has 0 atom stereocenters. The number of anilines is 2. The van der Waals surface area contributed by atoms with Gasteiger partial charge in [-0.15, -0.1) is 0 Å². The van der Waals surface area contributed by atoms with Crippen LogP contribution >= 0.6 is 0 Å². The largest absolute Gasteiger partial charge is 0.385 e. The average Bonchev–Trinajstić information content (AvgIpc) is 2.49. The van der Waals surface area contributed by atoms with Crippen molar-refractivity contribution in [1.29, 1.82) is 0 Å². The first-order chi connectivity index (χ1) is 10.5. The van der Waals surface area contributed by atoms with E-state index in [-0.39, 0.29) is 4.90 Å². The van der Waals surface area contributed by atoms with E-state index in [4.69, 9.17) is 0 Å². The molecule has 2 aromatic rings. The number of aryl methyl sites for hydroxylation is 1. The third-order valence-electron chi connectivity index (χ3n) is 3.30. The van der Waals surface area contributed by atoms with Crippen LogP contribution in [0.5, 0.6) is 0 Å². The van der Waals surface area contributed by atoms with E-state index >= 15 is 0 Å². The van der Waals surface area contributed by atoms with Gasteiger partial charge in [-0.25, -0.2) is 8.42 Å². The molecule has 5 heteroatoms. The topological polar surface area (TPSA) is 58.2 Å². The lowest BCUT2D eigenvalue weighted by atomic mass is 10.2. The van der Waals surface area contributed by atoms with Crippen molar-refractivity contribution in [3.63, 3.8) is 0 Å². The molecular formula is C17H22N2O2S. The maximum Gasteiger partial charge on any atom is 0.261 e. The summed E-state index contributed by atoms with van der Waals surface area (Å²) in [5, 5.41) is 3.30. The Morgan fingerprint density at radius 2 is 1.68 bits per heavy atom. The van der Waals surface area contributed by atoms with Gasteiger partial charge in [-0.1, -0.05) is 25.5 Å². The van der Waals surface area contributed by atoms with Crippen molar-refractivity contribution in [1.82, 2.24) is 0 Å². The fraction of sp³-hybridized carbons (Fsp3) is 0.294. The van der Waals surface area contributed by atoms with Gasteiger partial charge in [0, 0.05) is 17.9 Å². The molecule has 0 spiro atoms. The van der Waals surface area contributed by atoms with Crippen LogP contribution in [-0.2, 0) is 10.0 Å². The smallest absolute Gasteiger partial charge is 0.261 e. The molecule has 2 N–H and O–H groups in total. The zero-order chi connectivity index (χ0) is 16.0. The lowest BCUT2D eigenvalue weighted by Crippen LogP contribution is -2.13. The SMILES string of the molecule is CCCCNc1ccc(NS(=O)(=O)c2cccc(C)c2)cc1. The van der Waals surface area contributed by atoms with Gasteiger partial charge in [0.25, 0.3) is 10.0 Å². The second-order valence-corrected chi connectivity index (χ2v) is 6.96. The van der Waals surface area contributed by atoms with Crippen LogP contribution < -0.4 is 10.0 Å². The van der Waals surface area contributed by atoms with Crippen molar-refractivity contribution in [3.05, 3.63) is 54.1 Å². The monoisotopic (exact) mass is 318 g/mol. The van der Waals surface area contributed by atoms with Gasteiger partial charge in [-0.2, -0.15) is 0 Å². The Balaban J connectivity index is 2.06. The molecular weight excluding hydrogens is 296 g/mol. The fourth-order valence-electron chi connectivity index (χ4n) is 2.06. The maximum absolute atomic E-state index is 12.3. The summed E-state index contributed by atoms with van der Waals surface area (Å²) in [6.45, 7) is 4.94. The second kappa shape index (κ2) is 7.31. The van der Waals surface area contributed by atoms with Crippen LogP contribution in [0.25, 0.3) is 0 Å². The van der Waals surface area contributed by atoms with Gasteiger partial charge in [0.1, 0.15) is 0 Å². The number of hydrogen-bond donors (Lipinski definition) is 2. The minimum atomic E-state index is -3.54. The number of nitrogens with one attached hydrogen (secondary N) is 2. The number of unbranched alkanes of at least 4 members (excludes halogenated alkanes) is 1. The van der Waals surface area contributed by atoms with E-state index in [1.54, 1.807) is 30.3 Å². The summed E-state index contributed by atoms with van der Waals surface area (Å²) < 4.78 is 27.2. The highest BCUT2D eigenvalue weighted by Crippen LogP contribution is 2.19. The van der Waals surface area contributed by atoms with Crippen molar-refractivity contribution in [2.24, 2.45) is 0 Å². The van der Waals surface area contributed by atoms with E-state index in [2.05, 4.69) is 17.0 Å². The molecule has 0 unspecified atom stereocenters. The highest BCUT2D eigenvalue weighted by atomic mass is 32.2. The highest BCUT2D eigenvalue weighted by Gasteiger charge is 2.13. The van der Waals surface area contributed by atoms with Crippen LogP contribution in [-0.4, -0.2) is 15.0 Å². The standard InChI is InChI=1S/C17H22N2O2S/c1-3-4-12-18-15-8-10-16(11-9-15)19-22(20,21)17-7-5-6-14(2)13-17/h5-11,13,18-19H,3-4,12H2,1-2H3. The molecule has 0 amide bonds. The molecule has 0 aromatic heterocycles. The van der Waals surface area contributed by atoms with Crippen molar-refractivity contribution >= 4 is 21.4 Å². The normalized spacial score (nSPS) is 11.2. The third-order valence-corrected chi connectivity index (χ3v) is 4.68. The average molecular weight is 318 g/mol. The van der Waals surface area contributed by atoms with Crippen molar-refractivity contribution in [2.75, 3.05) is 16.6 Å². The summed E-state index contributed by atoms with van der Waals surface area (Å²) in [7, 11) is -3.54. The first kappa shape index (κ1) is 16.4. The van der Waals surface area contributed by atoms with E-state index in [9.17, 15) is 8.42 Å². The number of benzene rings is 2. The van der Waals surface area contributed by atoms with Gasteiger partial charge < -0.3 is 5.32 Å². The lowest BCUT2D eigenvalue weighted by Gasteiger charge is -2.10. The van der Waals surface area contributed by atoms with E-state index in [1.165, 1.54) is 0 Å². The Kier molecular flexibility index (Phi) is 5.44. The van der Waals surface area contributed by atoms with E-state index in [0.717, 1.165) is 30.6 Å². The van der Waals surface area contributed by atoms with Crippen LogP contribution in [0.4, 0.5) is 11.4 Å². The van der Waals surface area contributed by atoms with Gasteiger partial charge in [0.15, 0.2) is 0 Å². The Morgan fingerprint density at radius 1 is 1.00 bits per heavy atom. The fourth-order valence-corrected chi connectivity index (χ4v) is 3.23. The van der Waals surface area contributed by atoms with Gasteiger partial charge in [0.2, 0.25) is 0 Å². The molecule has 0 heterocycles. The summed E-state index contributed by atoms with van der Waals surface area (Å²) >= 11 is 0. The highest BCUT2D eigenvalue weighted by molar-refractivity contribution is 7.92. The molecule has 0 saturated carbocycles. The van der Waals surface area contributed by atoms with Crippen molar-refractivity contribution in [3.8, 4) is 0 Å². The van der Waals surface area contributed by atoms with E-state index in [1.807, 2.05) is 25.1 Å². The summed E-state index contributed by atoms with van der Waals surface area (Å²) in [6, 6.07) is 14.1. The molecule has 0 fully saturated rings. The number of sulfonamides is 1. The van der Waals surface area contributed by atoms with Gasteiger partial charge >= 0.3 is 0 Å². The Hall–Kier alpha value is -2.01. The summed E-state index contributed by atoms with van der Waals surface area (Å²) in [5.74, 6) is 0. The molecule has 22 heavy (non-hydrogen) atoms. The third kappa shape index (κ3) is 4.49. The lowest BCUT2D eigenvalue weighted by molar-refractivity contribution is 0.601. The summed E-state index contributed by atoms with van der Waals surface area (Å²) in [4.78, 5) is 0.276. The van der Waals surface area contributed by atoms with Gasteiger partial charge in [0.05, 0.1) is 4.90 Å². The molecule has 2 rings (SSSR count). The predicted octanol–water partition coefficient (Wildman–Crippen LogP) is 4.01. The predicted molar refractivity (Wildman–Crippen MR) is 91.8 cm³/mol. The first-order valence-electron chi connectivity index (χ1n) is 7.44.